The van der Waals surface area contributed by atoms with Crippen molar-refractivity contribution in [3.63, 3.8) is 0 Å². The molecule has 2 fully saturated rings. The molecular weight excluding hydrogens is 505 g/mol. The van der Waals surface area contributed by atoms with E-state index in [2.05, 4.69) is 15.6 Å². The Balaban J connectivity index is 1.48. The van der Waals surface area contributed by atoms with E-state index in [9.17, 15) is 28.0 Å². The predicted molar refractivity (Wildman–Crippen MR) is 132 cm³/mol. The Bertz CT molecular complexity index is 1510. The number of alkyl halides is 2. The minimum absolute atomic E-state index is 0.0453. The maximum Gasteiger partial charge on any atom is 0.407 e. The largest absolute Gasteiger partial charge is 0.447 e. The number of nitrogens with zero attached hydrogens (tertiary/aromatic N) is 5. The summed E-state index contributed by atoms with van der Waals surface area (Å²) < 4.78 is 51.3. The van der Waals surface area contributed by atoms with Gasteiger partial charge in [-0.25, -0.2) is 27.7 Å². The molecule has 3 atom stereocenters. The topological polar surface area (TPSA) is 143 Å². The number of halogens is 3. The van der Waals surface area contributed by atoms with E-state index in [1.807, 2.05) is 6.07 Å². The van der Waals surface area contributed by atoms with E-state index in [1.165, 1.54) is 21.0 Å². The Hall–Kier alpha value is -4.25. The number of imidazole rings is 1. The molecule has 1 amide bonds. The molecule has 2 saturated heterocycles. The smallest absolute Gasteiger partial charge is 0.407 e. The van der Waals surface area contributed by atoms with E-state index in [1.54, 1.807) is 25.2 Å². The Labute approximate surface area is 214 Å². The third-order valence-electron chi connectivity index (χ3n) is 6.99. The van der Waals surface area contributed by atoms with Crippen LogP contribution in [0.1, 0.15) is 12.5 Å². The summed E-state index contributed by atoms with van der Waals surface area (Å²) >= 11 is 0. The second kappa shape index (κ2) is 9.25. The number of cyclic esters (lactones) is 1. The number of hydrogen-bond donors (Lipinski definition) is 3. The molecule has 0 radical (unpaired) electrons. The molecule has 5 rings (SSSR count). The number of carbonyl (C=O) groups is 1. The number of benzene rings is 1. The van der Waals surface area contributed by atoms with Crippen LogP contribution in [0.5, 0.6) is 0 Å². The Morgan fingerprint density at radius 2 is 2.05 bits per heavy atom. The fraction of sp³-hybridized carbons (Fsp3) is 0.417. The Morgan fingerprint density at radius 3 is 2.71 bits per heavy atom. The van der Waals surface area contributed by atoms with Gasteiger partial charge < -0.3 is 26.0 Å². The van der Waals surface area contributed by atoms with Crippen LogP contribution in [-0.4, -0.2) is 57.9 Å². The molecular formula is C24H25F3N8O3. The van der Waals surface area contributed by atoms with E-state index in [4.69, 9.17) is 10.5 Å². The van der Waals surface area contributed by atoms with E-state index in [0.29, 0.717) is 16.7 Å². The normalized spacial score (nSPS) is 22.7. The summed E-state index contributed by atoms with van der Waals surface area (Å²) in [7, 11) is 1.61. The molecule has 2 aromatic heterocycles. The van der Waals surface area contributed by atoms with E-state index >= 15 is 0 Å². The van der Waals surface area contributed by atoms with Crippen molar-refractivity contribution in [3.8, 4) is 6.07 Å². The number of nitrogens with one attached hydrogen (secondary N) is 2. The quantitative estimate of drug-likeness (QED) is 0.455. The SMILES string of the molecule is C[C@H]1CN(c2nc(Nc3ccc4c(c3)n(C[C@@H]3COC(=O)N3)c(=O)n4C)c(F)cc2C#N)C[C@@H](N)C1(F)F. The van der Waals surface area contributed by atoms with Gasteiger partial charge in [-0.2, -0.15) is 5.26 Å². The van der Waals surface area contributed by atoms with Gasteiger partial charge >= 0.3 is 11.8 Å². The molecule has 2 aliphatic heterocycles. The van der Waals surface area contributed by atoms with Gasteiger partial charge in [-0.1, -0.05) is 6.92 Å². The first kappa shape index (κ1) is 25.4. The number of rotatable bonds is 5. The molecule has 1 aromatic carbocycles. The van der Waals surface area contributed by atoms with E-state index in [-0.39, 0.29) is 49.1 Å². The fourth-order valence-corrected chi connectivity index (χ4v) is 4.86. The number of hydrogen-bond acceptors (Lipinski definition) is 8. The van der Waals surface area contributed by atoms with Gasteiger partial charge in [0.25, 0.3) is 5.92 Å². The lowest BCUT2D eigenvalue weighted by Crippen LogP contribution is -2.60. The minimum Gasteiger partial charge on any atom is -0.447 e. The molecule has 0 bridgehead atoms. The molecule has 0 spiro atoms. The lowest BCUT2D eigenvalue weighted by Gasteiger charge is -2.41. The molecule has 4 heterocycles. The molecule has 11 nitrogen and oxygen atoms in total. The lowest BCUT2D eigenvalue weighted by atomic mass is 9.91. The summed E-state index contributed by atoms with van der Waals surface area (Å²) in [6.07, 6.45) is -0.559. The Kier molecular flexibility index (Phi) is 6.18. The molecule has 2 aliphatic rings. The summed E-state index contributed by atoms with van der Waals surface area (Å²) in [5, 5.41) is 15.0. The number of pyridine rings is 1. The number of aromatic nitrogens is 3. The average Bonchev–Trinajstić information content (AvgIpc) is 3.39. The van der Waals surface area contributed by atoms with Crippen molar-refractivity contribution in [3.05, 3.63) is 46.1 Å². The Morgan fingerprint density at radius 1 is 1.29 bits per heavy atom. The number of alkyl carbamates (subject to hydrolysis) is 1. The number of nitrogens with two attached hydrogens (primary N) is 1. The maximum absolute atomic E-state index is 15.0. The van der Waals surface area contributed by atoms with Gasteiger partial charge in [0.15, 0.2) is 11.6 Å². The van der Waals surface area contributed by atoms with Gasteiger partial charge in [-0.3, -0.25) is 9.13 Å². The zero-order valence-electron chi connectivity index (χ0n) is 20.5. The number of piperidine rings is 1. The highest BCUT2D eigenvalue weighted by molar-refractivity contribution is 5.81. The standard InChI is InChI=1S/C24H25F3N8O3/c1-12-8-34(10-19(29)24(12,26)27)21-13(7-28)5-16(25)20(32-21)30-14-3-4-17-18(6-14)35(23(37)33(17)2)9-15-11-38-22(36)31-15/h3-6,12,15,19H,8-11,29H2,1-2H3,(H,30,32)(H,31,36)/t12-,15+,19+/m0/s1. The molecule has 0 unspecified atom stereocenters. The summed E-state index contributed by atoms with van der Waals surface area (Å²) in [6.45, 7) is 1.27. The molecule has 0 saturated carbocycles. The highest BCUT2D eigenvalue weighted by Crippen LogP contribution is 2.36. The maximum atomic E-state index is 15.0. The number of amides is 1. The molecule has 3 aromatic rings. The summed E-state index contributed by atoms with van der Waals surface area (Å²) in [4.78, 5) is 30.0. The van der Waals surface area contributed by atoms with Gasteiger partial charge in [0.2, 0.25) is 0 Å². The highest BCUT2D eigenvalue weighted by atomic mass is 19.3. The van der Waals surface area contributed by atoms with Crippen LogP contribution in [0.3, 0.4) is 0 Å². The summed E-state index contributed by atoms with van der Waals surface area (Å²) in [5.74, 6) is -5.18. The van der Waals surface area contributed by atoms with Crippen molar-refractivity contribution in [2.24, 2.45) is 18.7 Å². The van der Waals surface area contributed by atoms with Crippen LogP contribution in [-0.2, 0) is 18.3 Å². The third kappa shape index (κ3) is 4.28. The number of nitriles is 1. The molecule has 38 heavy (non-hydrogen) atoms. The van der Waals surface area contributed by atoms with Crippen LogP contribution >= 0.6 is 0 Å². The fourth-order valence-electron chi connectivity index (χ4n) is 4.86. The van der Waals surface area contributed by atoms with Crippen LogP contribution in [0, 0.1) is 23.1 Å². The second-order valence-electron chi connectivity index (χ2n) is 9.61. The second-order valence-corrected chi connectivity index (χ2v) is 9.61. The first-order valence-electron chi connectivity index (χ1n) is 11.9. The molecule has 14 heteroatoms. The first-order chi connectivity index (χ1) is 18.0. The molecule has 4 N–H and O–H groups in total. The highest BCUT2D eigenvalue weighted by Gasteiger charge is 2.48. The number of ether oxygens (including phenoxy) is 1. The monoisotopic (exact) mass is 530 g/mol. The van der Waals surface area contributed by atoms with Crippen molar-refractivity contribution in [2.45, 2.75) is 31.5 Å². The predicted octanol–water partition coefficient (Wildman–Crippen LogP) is 2.02. The van der Waals surface area contributed by atoms with Crippen LogP contribution in [0.4, 0.5) is 35.3 Å². The van der Waals surface area contributed by atoms with E-state index < -0.39 is 35.8 Å². The minimum atomic E-state index is -3.08. The third-order valence-corrected chi connectivity index (χ3v) is 6.99. The van der Waals surface area contributed by atoms with Gasteiger partial charge in [-0.05, 0) is 24.3 Å². The number of aryl methyl sites for hydroxylation is 1. The zero-order chi connectivity index (χ0) is 27.4. The van der Waals surface area contributed by atoms with Crippen LogP contribution < -0.4 is 27.0 Å². The molecule has 0 aliphatic carbocycles. The first-order valence-corrected chi connectivity index (χ1v) is 11.9. The zero-order valence-corrected chi connectivity index (χ0v) is 20.5. The lowest BCUT2D eigenvalue weighted by molar-refractivity contribution is -0.0807. The number of carbonyl (C=O) groups excluding carboxylic acids is 1. The van der Waals surface area contributed by atoms with Crippen LogP contribution in [0.2, 0.25) is 0 Å². The van der Waals surface area contributed by atoms with Crippen molar-refractivity contribution < 1.29 is 22.7 Å². The van der Waals surface area contributed by atoms with Crippen LogP contribution in [0.15, 0.2) is 29.1 Å². The van der Waals surface area contributed by atoms with Crippen LogP contribution in [0.25, 0.3) is 11.0 Å². The van der Waals surface area contributed by atoms with Crippen molar-refractivity contribution in [1.29, 1.82) is 5.26 Å². The van der Waals surface area contributed by atoms with E-state index in [0.717, 1.165) is 6.07 Å². The van der Waals surface area contributed by atoms with Crippen molar-refractivity contribution in [1.82, 2.24) is 19.4 Å². The van der Waals surface area contributed by atoms with Crippen molar-refractivity contribution in [2.75, 3.05) is 29.9 Å². The average molecular weight is 531 g/mol. The molecule has 200 valence electrons. The number of fused-ring (bicyclic) bond motifs is 1. The summed E-state index contributed by atoms with van der Waals surface area (Å²) in [5.41, 5.74) is 6.81. The van der Waals surface area contributed by atoms with Gasteiger partial charge in [-0.15, -0.1) is 0 Å². The van der Waals surface area contributed by atoms with Gasteiger partial charge in [0.1, 0.15) is 18.5 Å². The van der Waals surface area contributed by atoms with Gasteiger partial charge in [0, 0.05) is 31.7 Å². The van der Waals surface area contributed by atoms with Crippen molar-refractivity contribution >= 4 is 34.4 Å². The van der Waals surface area contributed by atoms with Gasteiger partial charge in [0.05, 0.1) is 35.2 Å². The summed E-state index contributed by atoms with van der Waals surface area (Å²) in [6, 6.07) is 5.93. The number of anilines is 3.